The molecule has 0 amide bonds. The van der Waals surface area contributed by atoms with Gasteiger partial charge in [-0.2, -0.15) is 0 Å². The molecular formula is C11H20O5. The first-order chi connectivity index (χ1) is 7.53. The van der Waals surface area contributed by atoms with E-state index >= 15 is 0 Å². The molecule has 2 fully saturated rings. The average molecular weight is 232 g/mol. The summed E-state index contributed by atoms with van der Waals surface area (Å²) in [4.78, 5) is 11.3. The minimum Gasteiger partial charge on any atom is -0.455 e. The minimum atomic E-state index is -0.708. The Morgan fingerprint density at radius 3 is 2.50 bits per heavy atom. The van der Waals surface area contributed by atoms with Crippen molar-refractivity contribution in [1.29, 1.82) is 0 Å². The largest absolute Gasteiger partial charge is 0.455 e. The molecule has 0 bridgehead atoms. The van der Waals surface area contributed by atoms with Crippen LogP contribution in [-0.4, -0.2) is 43.8 Å². The highest BCUT2D eigenvalue weighted by molar-refractivity contribution is 5.78. The summed E-state index contributed by atoms with van der Waals surface area (Å²) in [5, 5.41) is 0. The monoisotopic (exact) mass is 232 g/mol. The quantitative estimate of drug-likeness (QED) is 0.667. The summed E-state index contributed by atoms with van der Waals surface area (Å²) in [5.41, 5.74) is 0. The highest BCUT2D eigenvalue weighted by atomic mass is 16.8. The fourth-order valence-corrected chi connectivity index (χ4v) is 1.82. The van der Waals surface area contributed by atoms with Crippen molar-refractivity contribution in [1.82, 2.24) is 0 Å². The zero-order valence-corrected chi connectivity index (χ0v) is 10.5. The fraction of sp³-hybridized carbons (Fsp3) is 0.909. The van der Waals surface area contributed by atoms with Crippen LogP contribution < -0.4 is 0 Å². The van der Waals surface area contributed by atoms with Crippen LogP contribution in [0, 0.1) is 0 Å². The van der Waals surface area contributed by atoms with Gasteiger partial charge in [0.05, 0.1) is 6.61 Å². The lowest BCUT2D eigenvalue weighted by Crippen LogP contribution is -2.32. The van der Waals surface area contributed by atoms with E-state index in [4.69, 9.17) is 18.9 Å². The van der Waals surface area contributed by atoms with Gasteiger partial charge in [-0.1, -0.05) is 13.8 Å². The molecule has 0 saturated carbocycles. The van der Waals surface area contributed by atoms with Crippen molar-refractivity contribution in [2.45, 2.75) is 51.8 Å². The van der Waals surface area contributed by atoms with E-state index in [1.165, 1.54) is 0 Å². The highest BCUT2D eigenvalue weighted by Gasteiger charge is 2.55. The maximum atomic E-state index is 11.3. The lowest BCUT2D eigenvalue weighted by molar-refractivity contribution is -0.189. The second-order valence-corrected chi connectivity index (χ2v) is 3.95. The maximum Gasteiger partial charge on any atom is 0.338 e. The standard InChI is InChI=1S/C9H14O5.C2H6/c1-9(2)13-6-5(4-11-3)12-8(10)7(6)14-9;1-2/h5-7H,4H2,1-3H3;1-2H3. The van der Waals surface area contributed by atoms with Crippen molar-refractivity contribution < 1.29 is 23.7 Å². The second-order valence-electron chi connectivity index (χ2n) is 3.95. The summed E-state index contributed by atoms with van der Waals surface area (Å²) in [5.74, 6) is -1.07. The van der Waals surface area contributed by atoms with Crippen molar-refractivity contribution in [2.24, 2.45) is 0 Å². The average Bonchev–Trinajstić information content (AvgIpc) is 2.68. The van der Waals surface area contributed by atoms with E-state index in [0.29, 0.717) is 6.61 Å². The summed E-state index contributed by atoms with van der Waals surface area (Å²) < 4.78 is 21.0. The Balaban J connectivity index is 0.000000606. The van der Waals surface area contributed by atoms with Gasteiger partial charge in [0, 0.05) is 7.11 Å². The van der Waals surface area contributed by atoms with E-state index in [9.17, 15) is 4.79 Å². The van der Waals surface area contributed by atoms with Gasteiger partial charge in [0.2, 0.25) is 0 Å². The number of ether oxygens (including phenoxy) is 4. The van der Waals surface area contributed by atoms with E-state index in [2.05, 4.69) is 0 Å². The van der Waals surface area contributed by atoms with Crippen LogP contribution in [0.25, 0.3) is 0 Å². The third-order valence-corrected chi connectivity index (χ3v) is 2.33. The Hall–Kier alpha value is -0.650. The number of esters is 1. The molecule has 5 heteroatoms. The fourth-order valence-electron chi connectivity index (χ4n) is 1.82. The van der Waals surface area contributed by atoms with Crippen LogP contribution in [0.4, 0.5) is 0 Å². The molecule has 2 aliphatic rings. The number of fused-ring (bicyclic) bond motifs is 1. The molecule has 3 unspecified atom stereocenters. The predicted octanol–water partition coefficient (Wildman–Crippen LogP) is 1.10. The summed E-state index contributed by atoms with van der Waals surface area (Å²) in [6.07, 6.45) is -1.28. The Labute approximate surface area is 96.0 Å². The molecule has 2 heterocycles. The van der Waals surface area contributed by atoms with Crippen molar-refractivity contribution >= 4 is 5.97 Å². The molecular weight excluding hydrogens is 212 g/mol. The number of carbonyl (C=O) groups is 1. The summed E-state index contributed by atoms with van der Waals surface area (Å²) in [7, 11) is 1.56. The normalized spacial score (nSPS) is 35.1. The second kappa shape index (κ2) is 5.12. The molecule has 0 aromatic rings. The van der Waals surface area contributed by atoms with E-state index in [1.54, 1.807) is 21.0 Å². The third kappa shape index (κ3) is 2.53. The molecule has 0 spiro atoms. The van der Waals surface area contributed by atoms with Crippen molar-refractivity contribution in [3.63, 3.8) is 0 Å². The van der Waals surface area contributed by atoms with Gasteiger partial charge in [0.1, 0.15) is 6.10 Å². The van der Waals surface area contributed by atoms with Gasteiger partial charge in [0.15, 0.2) is 18.0 Å². The first-order valence-electron chi connectivity index (χ1n) is 5.58. The maximum absolute atomic E-state index is 11.3. The summed E-state index contributed by atoms with van der Waals surface area (Å²) in [6.45, 7) is 7.90. The van der Waals surface area contributed by atoms with E-state index in [0.717, 1.165) is 0 Å². The predicted molar refractivity (Wildman–Crippen MR) is 56.9 cm³/mol. The molecule has 5 nitrogen and oxygen atoms in total. The first kappa shape index (κ1) is 13.4. The molecule has 2 saturated heterocycles. The van der Waals surface area contributed by atoms with Crippen molar-refractivity contribution in [2.75, 3.05) is 13.7 Å². The SMILES string of the molecule is CC.COCC1OC(=O)C2OC(C)(C)OC12. The van der Waals surface area contributed by atoms with Crippen molar-refractivity contribution in [3.05, 3.63) is 0 Å². The van der Waals surface area contributed by atoms with Gasteiger partial charge >= 0.3 is 5.97 Å². The number of hydrogen-bond acceptors (Lipinski definition) is 5. The molecule has 94 valence electrons. The molecule has 0 aromatic carbocycles. The zero-order chi connectivity index (χ0) is 12.3. The number of methoxy groups -OCH3 is 1. The minimum absolute atomic E-state index is 0.336. The molecule has 16 heavy (non-hydrogen) atoms. The zero-order valence-electron chi connectivity index (χ0n) is 10.5. The highest BCUT2D eigenvalue weighted by Crippen LogP contribution is 2.35. The van der Waals surface area contributed by atoms with E-state index in [-0.39, 0.29) is 18.2 Å². The molecule has 0 aliphatic carbocycles. The molecule has 0 aromatic heterocycles. The van der Waals surface area contributed by atoms with Crippen LogP contribution in [0.5, 0.6) is 0 Å². The number of hydrogen-bond donors (Lipinski definition) is 0. The lowest BCUT2D eigenvalue weighted by Gasteiger charge is -2.20. The van der Waals surface area contributed by atoms with Gasteiger partial charge < -0.3 is 18.9 Å². The van der Waals surface area contributed by atoms with Gasteiger partial charge in [0.25, 0.3) is 0 Å². The van der Waals surface area contributed by atoms with Crippen LogP contribution in [-0.2, 0) is 23.7 Å². The number of rotatable bonds is 2. The van der Waals surface area contributed by atoms with Crippen LogP contribution in [0.2, 0.25) is 0 Å². The molecule has 0 radical (unpaired) electrons. The van der Waals surface area contributed by atoms with Gasteiger partial charge in [-0.15, -0.1) is 0 Å². The van der Waals surface area contributed by atoms with Gasteiger partial charge in [-0.25, -0.2) is 4.79 Å². The Kier molecular flexibility index (Phi) is 4.29. The Bertz CT molecular complexity index is 251. The Morgan fingerprint density at radius 2 is 1.94 bits per heavy atom. The number of cyclic esters (lactones) is 1. The third-order valence-electron chi connectivity index (χ3n) is 2.33. The van der Waals surface area contributed by atoms with E-state index in [1.807, 2.05) is 13.8 Å². The van der Waals surface area contributed by atoms with Crippen molar-refractivity contribution in [3.8, 4) is 0 Å². The smallest absolute Gasteiger partial charge is 0.338 e. The topological polar surface area (TPSA) is 54.0 Å². The van der Waals surface area contributed by atoms with Crippen LogP contribution in [0.15, 0.2) is 0 Å². The van der Waals surface area contributed by atoms with Crippen LogP contribution in [0.1, 0.15) is 27.7 Å². The van der Waals surface area contributed by atoms with E-state index < -0.39 is 11.9 Å². The summed E-state index contributed by atoms with van der Waals surface area (Å²) in [6, 6.07) is 0. The molecule has 3 atom stereocenters. The number of carbonyl (C=O) groups excluding carboxylic acids is 1. The first-order valence-corrected chi connectivity index (χ1v) is 5.58. The lowest BCUT2D eigenvalue weighted by atomic mass is 10.1. The van der Waals surface area contributed by atoms with Crippen LogP contribution >= 0.6 is 0 Å². The molecule has 0 N–H and O–H groups in total. The van der Waals surface area contributed by atoms with Gasteiger partial charge in [-0.05, 0) is 13.8 Å². The molecule has 2 aliphatic heterocycles. The van der Waals surface area contributed by atoms with Gasteiger partial charge in [-0.3, -0.25) is 0 Å². The summed E-state index contributed by atoms with van der Waals surface area (Å²) >= 11 is 0. The molecule has 2 rings (SSSR count). The Morgan fingerprint density at radius 1 is 1.31 bits per heavy atom. The van der Waals surface area contributed by atoms with Crippen LogP contribution in [0.3, 0.4) is 0 Å².